The van der Waals surface area contributed by atoms with Gasteiger partial charge >= 0.3 is 5.97 Å². The molecule has 0 saturated heterocycles. The molecule has 0 unspecified atom stereocenters. The Morgan fingerprint density at radius 1 is 1.45 bits per heavy atom. The second-order valence-electron chi connectivity index (χ2n) is 2.03. The van der Waals surface area contributed by atoms with Crippen molar-refractivity contribution in [3.05, 3.63) is 0 Å². The van der Waals surface area contributed by atoms with Crippen molar-refractivity contribution in [3.63, 3.8) is 0 Å². The fourth-order valence-electron chi connectivity index (χ4n) is 0.535. The number of carboxylic acid groups (broad SMARTS) is 1. The molecule has 0 rings (SSSR count). The quantitative estimate of drug-likeness (QED) is 0.644. The second kappa shape index (κ2) is 4.27. The molecule has 11 heavy (non-hydrogen) atoms. The van der Waals surface area contributed by atoms with Gasteiger partial charge in [-0.25, -0.2) is 8.42 Å². The molecule has 0 radical (unpaired) electrons. The molecule has 66 valence electrons. The van der Waals surface area contributed by atoms with E-state index in [-0.39, 0.29) is 6.42 Å². The Balaban J connectivity index is 3.92. The normalized spacial score (nSPS) is 11.4. The van der Waals surface area contributed by atoms with Gasteiger partial charge in [0.15, 0.2) is 9.84 Å². The average Bonchev–Trinajstić information content (AvgIpc) is 1.81. The van der Waals surface area contributed by atoms with Crippen LogP contribution in [0.2, 0.25) is 0 Å². The van der Waals surface area contributed by atoms with Crippen molar-refractivity contribution < 1.29 is 22.7 Å². The maximum absolute atomic E-state index is 11.4. The van der Waals surface area contributed by atoms with E-state index >= 15 is 0 Å². The standard InChI is InChI=1S/C5H9FO4S/c6-2-1-3-11(9,10)4-5(7)8/h1-4H2,(H,7,8). The molecule has 6 heteroatoms. The molecular weight excluding hydrogens is 175 g/mol. The SMILES string of the molecule is O=C(O)CS(=O)(=O)CCCF. The minimum atomic E-state index is -3.58. The molecule has 0 amide bonds. The third-order valence-corrected chi connectivity index (χ3v) is 2.53. The van der Waals surface area contributed by atoms with E-state index in [2.05, 4.69) is 0 Å². The molecule has 0 aromatic heterocycles. The lowest BCUT2D eigenvalue weighted by molar-refractivity contribution is -0.134. The molecular formula is C5H9FO4S. The number of aliphatic carboxylic acids is 1. The van der Waals surface area contributed by atoms with Crippen LogP contribution in [-0.2, 0) is 14.6 Å². The van der Waals surface area contributed by atoms with Crippen molar-refractivity contribution in [2.45, 2.75) is 6.42 Å². The van der Waals surface area contributed by atoms with Gasteiger partial charge in [0, 0.05) is 0 Å². The van der Waals surface area contributed by atoms with Crippen LogP contribution in [0, 0.1) is 0 Å². The van der Waals surface area contributed by atoms with E-state index < -0.39 is 34.0 Å². The summed E-state index contributed by atoms with van der Waals surface area (Å²) in [7, 11) is -3.58. The summed E-state index contributed by atoms with van der Waals surface area (Å²) >= 11 is 0. The Morgan fingerprint density at radius 3 is 2.36 bits per heavy atom. The highest BCUT2D eigenvalue weighted by Gasteiger charge is 2.14. The summed E-state index contributed by atoms with van der Waals surface area (Å²) in [6.07, 6.45) is -0.129. The monoisotopic (exact) mass is 184 g/mol. The number of carboxylic acids is 1. The summed E-state index contributed by atoms with van der Waals surface area (Å²) in [6, 6.07) is 0. The lowest BCUT2D eigenvalue weighted by Crippen LogP contribution is -2.18. The Bertz CT molecular complexity index is 221. The first-order valence-electron chi connectivity index (χ1n) is 2.96. The fourth-order valence-corrected chi connectivity index (χ4v) is 1.60. The van der Waals surface area contributed by atoms with E-state index in [0.29, 0.717) is 0 Å². The molecule has 0 aromatic carbocycles. The first kappa shape index (κ1) is 10.3. The Morgan fingerprint density at radius 2 is 2.00 bits per heavy atom. The summed E-state index contributed by atoms with van der Waals surface area (Å²) in [4.78, 5) is 9.91. The highest BCUT2D eigenvalue weighted by atomic mass is 32.2. The number of hydrogen-bond acceptors (Lipinski definition) is 3. The fraction of sp³-hybridized carbons (Fsp3) is 0.800. The van der Waals surface area contributed by atoms with Crippen LogP contribution in [0.3, 0.4) is 0 Å². The van der Waals surface area contributed by atoms with Gasteiger partial charge in [0.2, 0.25) is 0 Å². The van der Waals surface area contributed by atoms with Crippen molar-refractivity contribution in [2.75, 3.05) is 18.2 Å². The lowest BCUT2D eigenvalue weighted by atomic mass is 10.6. The summed E-state index contributed by atoms with van der Waals surface area (Å²) in [5.41, 5.74) is 0. The van der Waals surface area contributed by atoms with Crippen LogP contribution in [0.5, 0.6) is 0 Å². The number of hydrogen-bond donors (Lipinski definition) is 1. The van der Waals surface area contributed by atoms with Crippen molar-refractivity contribution in [1.29, 1.82) is 0 Å². The number of rotatable bonds is 5. The smallest absolute Gasteiger partial charge is 0.318 e. The van der Waals surface area contributed by atoms with E-state index in [9.17, 15) is 17.6 Å². The minimum Gasteiger partial charge on any atom is -0.480 e. The number of carbonyl (C=O) groups is 1. The van der Waals surface area contributed by atoms with Gasteiger partial charge in [-0.15, -0.1) is 0 Å². The van der Waals surface area contributed by atoms with Gasteiger partial charge in [0.1, 0.15) is 5.75 Å². The number of halogens is 1. The van der Waals surface area contributed by atoms with Gasteiger partial charge in [0.05, 0.1) is 12.4 Å². The van der Waals surface area contributed by atoms with Crippen LogP contribution in [0.4, 0.5) is 4.39 Å². The molecule has 0 aromatic rings. The second-order valence-corrected chi connectivity index (χ2v) is 4.21. The van der Waals surface area contributed by atoms with Crippen molar-refractivity contribution >= 4 is 15.8 Å². The van der Waals surface area contributed by atoms with E-state index in [1.165, 1.54) is 0 Å². The molecule has 0 bridgehead atoms. The summed E-state index contributed by atoms with van der Waals surface area (Å²) in [6.45, 7) is -0.737. The predicted octanol–water partition coefficient (Wildman–Crippen LogP) is -0.155. The van der Waals surface area contributed by atoms with Gasteiger partial charge in [-0.05, 0) is 6.42 Å². The van der Waals surface area contributed by atoms with Crippen molar-refractivity contribution in [1.82, 2.24) is 0 Å². The first-order valence-corrected chi connectivity index (χ1v) is 4.78. The van der Waals surface area contributed by atoms with Gasteiger partial charge in [-0.3, -0.25) is 9.18 Å². The topological polar surface area (TPSA) is 71.4 Å². The molecule has 0 aliphatic heterocycles. The van der Waals surface area contributed by atoms with Crippen LogP contribution in [0.25, 0.3) is 0 Å². The molecule has 0 fully saturated rings. The van der Waals surface area contributed by atoms with Gasteiger partial charge in [-0.2, -0.15) is 0 Å². The number of sulfone groups is 1. The Hall–Kier alpha value is -0.650. The highest BCUT2D eigenvalue weighted by molar-refractivity contribution is 7.92. The van der Waals surface area contributed by atoms with E-state index in [1.54, 1.807) is 0 Å². The molecule has 1 N–H and O–H groups in total. The van der Waals surface area contributed by atoms with Crippen LogP contribution in [0.1, 0.15) is 6.42 Å². The summed E-state index contributed by atoms with van der Waals surface area (Å²) in [5.74, 6) is -2.70. The minimum absolute atomic E-state index is 0.129. The molecule has 0 saturated carbocycles. The van der Waals surface area contributed by atoms with Crippen LogP contribution in [-0.4, -0.2) is 37.7 Å². The zero-order valence-electron chi connectivity index (χ0n) is 5.79. The van der Waals surface area contributed by atoms with Crippen LogP contribution >= 0.6 is 0 Å². The van der Waals surface area contributed by atoms with Gasteiger partial charge in [0.25, 0.3) is 0 Å². The molecule has 0 aliphatic carbocycles. The lowest BCUT2D eigenvalue weighted by Gasteiger charge is -1.96. The zero-order valence-corrected chi connectivity index (χ0v) is 6.60. The molecule has 4 nitrogen and oxygen atoms in total. The summed E-state index contributed by atoms with van der Waals surface area (Å²) in [5, 5.41) is 8.08. The predicted molar refractivity (Wildman–Crippen MR) is 36.9 cm³/mol. The largest absolute Gasteiger partial charge is 0.480 e. The zero-order chi connectivity index (χ0) is 8.91. The highest BCUT2D eigenvalue weighted by Crippen LogP contribution is 1.94. The molecule has 0 atom stereocenters. The van der Waals surface area contributed by atoms with Gasteiger partial charge < -0.3 is 5.11 Å². The third-order valence-electron chi connectivity index (χ3n) is 0.932. The van der Waals surface area contributed by atoms with Crippen LogP contribution in [0.15, 0.2) is 0 Å². The maximum atomic E-state index is 11.4. The van der Waals surface area contributed by atoms with Crippen LogP contribution < -0.4 is 0 Å². The van der Waals surface area contributed by atoms with Crippen molar-refractivity contribution in [3.8, 4) is 0 Å². The molecule has 0 heterocycles. The van der Waals surface area contributed by atoms with E-state index in [1.807, 2.05) is 0 Å². The Labute approximate surface area is 63.9 Å². The maximum Gasteiger partial charge on any atom is 0.318 e. The van der Waals surface area contributed by atoms with E-state index in [0.717, 1.165) is 0 Å². The average molecular weight is 184 g/mol. The number of alkyl halides is 1. The molecule has 0 aliphatic rings. The third kappa shape index (κ3) is 5.78. The van der Waals surface area contributed by atoms with E-state index in [4.69, 9.17) is 5.11 Å². The first-order chi connectivity index (χ1) is 4.98. The van der Waals surface area contributed by atoms with Gasteiger partial charge in [-0.1, -0.05) is 0 Å². The Kier molecular flexibility index (Phi) is 4.02. The van der Waals surface area contributed by atoms with Crippen molar-refractivity contribution in [2.24, 2.45) is 0 Å². The summed E-state index contributed by atoms with van der Waals surface area (Å²) < 4.78 is 32.8. The molecule has 0 spiro atoms.